The van der Waals surface area contributed by atoms with Gasteiger partial charge in [-0.1, -0.05) is 6.07 Å². The van der Waals surface area contributed by atoms with Crippen molar-refractivity contribution in [3.63, 3.8) is 0 Å². The number of carbonyl (C=O) groups excluding carboxylic acids is 1. The normalized spacial score (nSPS) is 14.2. The number of aromatic nitrogens is 1. The first kappa shape index (κ1) is 21.9. The standard InChI is InChI=1S/C23H31N3O4/c1-4-29-21-14-17(6-8-20(21)28-3)16-26(19-10-12-24-13-11-19)22-9-7-18(15-25-22)23(27)30-5-2/h6-9,14-15,19,24H,4-5,10-13,16H2,1-3H3. The summed E-state index contributed by atoms with van der Waals surface area (Å²) in [6, 6.07) is 10.1. The first-order chi connectivity index (χ1) is 14.7. The largest absolute Gasteiger partial charge is 0.493 e. The number of nitrogens with one attached hydrogen (secondary N) is 1. The third kappa shape index (κ3) is 5.42. The van der Waals surface area contributed by atoms with E-state index in [4.69, 9.17) is 14.2 Å². The average molecular weight is 414 g/mol. The van der Waals surface area contributed by atoms with Gasteiger partial charge in [-0.25, -0.2) is 9.78 Å². The van der Waals surface area contributed by atoms with Gasteiger partial charge in [0, 0.05) is 18.8 Å². The zero-order valence-electron chi connectivity index (χ0n) is 18.0. The van der Waals surface area contributed by atoms with Crippen molar-refractivity contribution in [2.24, 2.45) is 0 Å². The van der Waals surface area contributed by atoms with Gasteiger partial charge in [0.2, 0.25) is 0 Å². The van der Waals surface area contributed by atoms with E-state index in [-0.39, 0.29) is 5.97 Å². The molecule has 0 unspecified atom stereocenters. The van der Waals surface area contributed by atoms with E-state index in [2.05, 4.69) is 21.3 Å². The number of rotatable bonds is 9. The summed E-state index contributed by atoms with van der Waals surface area (Å²) < 4.78 is 16.2. The second-order valence-electron chi connectivity index (χ2n) is 7.15. The Morgan fingerprint density at radius 3 is 2.57 bits per heavy atom. The van der Waals surface area contributed by atoms with Gasteiger partial charge in [-0.2, -0.15) is 0 Å². The third-order valence-corrected chi connectivity index (χ3v) is 5.18. The minimum Gasteiger partial charge on any atom is -0.493 e. The highest BCUT2D eigenvalue weighted by Crippen LogP contribution is 2.30. The molecule has 0 radical (unpaired) electrons. The topological polar surface area (TPSA) is 72.9 Å². The highest BCUT2D eigenvalue weighted by molar-refractivity contribution is 5.89. The quantitative estimate of drug-likeness (QED) is 0.632. The molecule has 162 valence electrons. The van der Waals surface area contributed by atoms with Crippen LogP contribution in [0.4, 0.5) is 5.82 Å². The number of piperidine rings is 1. The fraction of sp³-hybridized carbons (Fsp3) is 0.478. The Balaban J connectivity index is 1.86. The van der Waals surface area contributed by atoms with Gasteiger partial charge in [-0.15, -0.1) is 0 Å². The lowest BCUT2D eigenvalue weighted by Crippen LogP contribution is -2.43. The number of nitrogens with zero attached hydrogens (tertiary/aromatic N) is 2. The van der Waals surface area contributed by atoms with E-state index in [1.165, 1.54) is 0 Å². The van der Waals surface area contributed by atoms with Crippen LogP contribution < -0.4 is 19.7 Å². The van der Waals surface area contributed by atoms with Gasteiger partial charge in [0.25, 0.3) is 0 Å². The van der Waals surface area contributed by atoms with Crippen molar-refractivity contribution in [1.29, 1.82) is 0 Å². The predicted octanol–water partition coefficient (Wildman–Crippen LogP) is 3.42. The molecular weight excluding hydrogens is 382 g/mol. The summed E-state index contributed by atoms with van der Waals surface area (Å²) in [5, 5.41) is 3.42. The summed E-state index contributed by atoms with van der Waals surface area (Å²) in [5.74, 6) is 1.98. The molecule has 0 spiro atoms. The van der Waals surface area contributed by atoms with Gasteiger partial charge in [0.15, 0.2) is 11.5 Å². The number of anilines is 1. The van der Waals surface area contributed by atoms with Crippen molar-refractivity contribution in [1.82, 2.24) is 10.3 Å². The maximum atomic E-state index is 12.0. The average Bonchev–Trinajstić information content (AvgIpc) is 2.79. The van der Waals surface area contributed by atoms with E-state index in [1.807, 2.05) is 25.1 Å². The Labute approximate surface area is 178 Å². The number of carbonyl (C=O) groups is 1. The van der Waals surface area contributed by atoms with E-state index >= 15 is 0 Å². The number of hydrogen-bond donors (Lipinski definition) is 1. The van der Waals surface area contributed by atoms with E-state index in [9.17, 15) is 4.79 Å². The summed E-state index contributed by atoms with van der Waals surface area (Å²) in [6.07, 6.45) is 3.67. The van der Waals surface area contributed by atoms with E-state index < -0.39 is 0 Å². The van der Waals surface area contributed by atoms with Crippen LogP contribution in [0.1, 0.15) is 42.6 Å². The van der Waals surface area contributed by atoms with Gasteiger partial charge in [0.1, 0.15) is 5.82 Å². The second kappa shape index (κ2) is 10.8. The fourth-order valence-electron chi connectivity index (χ4n) is 3.69. The first-order valence-electron chi connectivity index (χ1n) is 10.6. The Kier molecular flexibility index (Phi) is 7.90. The Bertz CT molecular complexity index is 820. The van der Waals surface area contributed by atoms with Crippen LogP contribution in [0.15, 0.2) is 36.5 Å². The number of benzene rings is 1. The van der Waals surface area contributed by atoms with Crippen molar-refractivity contribution in [2.45, 2.75) is 39.3 Å². The molecule has 2 aromatic rings. The fourth-order valence-corrected chi connectivity index (χ4v) is 3.69. The van der Waals surface area contributed by atoms with E-state index in [1.54, 1.807) is 26.3 Å². The van der Waals surface area contributed by atoms with Gasteiger partial charge in [0.05, 0.1) is 25.9 Å². The lowest BCUT2D eigenvalue weighted by atomic mass is 10.0. The number of hydrogen-bond acceptors (Lipinski definition) is 7. The molecule has 2 heterocycles. The molecule has 1 aromatic heterocycles. The highest BCUT2D eigenvalue weighted by Gasteiger charge is 2.23. The van der Waals surface area contributed by atoms with Crippen molar-refractivity contribution < 1.29 is 19.0 Å². The molecule has 0 bridgehead atoms. The maximum Gasteiger partial charge on any atom is 0.339 e. The molecule has 7 nitrogen and oxygen atoms in total. The van der Waals surface area contributed by atoms with Crippen LogP contribution in [0.2, 0.25) is 0 Å². The SMILES string of the molecule is CCOC(=O)c1ccc(N(Cc2ccc(OC)c(OCC)c2)C2CCNCC2)nc1. The molecule has 0 aliphatic carbocycles. The first-order valence-corrected chi connectivity index (χ1v) is 10.6. The van der Waals surface area contributed by atoms with Crippen molar-refractivity contribution in [3.8, 4) is 11.5 Å². The lowest BCUT2D eigenvalue weighted by Gasteiger charge is -2.36. The summed E-state index contributed by atoms with van der Waals surface area (Å²) in [7, 11) is 1.65. The Morgan fingerprint density at radius 2 is 1.93 bits per heavy atom. The highest BCUT2D eigenvalue weighted by atomic mass is 16.5. The molecule has 0 amide bonds. The van der Waals surface area contributed by atoms with Gasteiger partial charge in [-0.05, 0) is 69.6 Å². The zero-order valence-corrected chi connectivity index (χ0v) is 18.0. The molecular formula is C23H31N3O4. The lowest BCUT2D eigenvalue weighted by molar-refractivity contribution is 0.0526. The molecule has 0 saturated carbocycles. The van der Waals surface area contributed by atoms with E-state index in [0.29, 0.717) is 31.4 Å². The van der Waals surface area contributed by atoms with Crippen LogP contribution >= 0.6 is 0 Å². The van der Waals surface area contributed by atoms with Crippen LogP contribution in [-0.4, -0.2) is 50.4 Å². The second-order valence-corrected chi connectivity index (χ2v) is 7.15. The zero-order chi connectivity index (χ0) is 21.3. The monoisotopic (exact) mass is 413 g/mol. The van der Waals surface area contributed by atoms with Crippen LogP contribution in [-0.2, 0) is 11.3 Å². The molecule has 7 heteroatoms. The molecule has 1 saturated heterocycles. The van der Waals surface area contributed by atoms with Crippen molar-refractivity contribution in [2.75, 3.05) is 38.3 Å². The number of methoxy groups -OCH3 is 1. The van der Waals surface area contributed by atoms with Crippen LogP contribution in [0.25, 0.3) is 0 Å². The molecule has 1 aliphatic heterocycles. The molecule has 1 aromatic carbocycles. The third-order valence-electron chi connectivity index (χ3n) is 5.18. The molecule has 1 fully saturated rings. The predicted molar refractivity (Wildman–Crippen MR) is 116 cm³/mol. The van der Waals surface area contributed by atoms with Crippen LogP contribution in [0.3, 0.4) is 0 Å². The minimum atomic E-state index is -0.346. The van der Waals surface area contributed by atoms with Crippen molar-refractivity contribution >= 4 is 11.8 Å². The van der Waals surface area contributed by atoms with E-state index in [0.717, 1.165) is 48.8 Å². The minimum absolute atomic E-state index is 0.346. The smallest absolute Gasteiger partial charge is 0.339 e. The van der Waals surface area contributed by atoms with Crippen LogP contribution in [0, 0.1) is 0 Å². The number of pyridine rings is 1. The Hall–Kier alpha value is -2.80. The summed E-state index contributed by atoms with van der Waals surface area (Å²) >= 11 is 0. The van der Waals surface area contributed by atoms with Gasteiger partial charge in [-0.3, -0.25) is 0 Å². The van der Waals surface area contributed by atoms with Gasteiger partial charge < -0.3 is 24.4 Å². The summed E-state index contributed by atoms with van der Waals surface area (Å²) in [4.78, 5) is 18.9. The molecule has 1 aliphatic rings. The summed E-state index contributed by atoms with van der Waals surface area (Å²) in [6.45, 7) is 7.34. The summed E-state index contributed by atoms with van der Waals surface area (Å²) in [5.41, 5.74) is 1.59. The number of ether oxygens (including phenoxy) is 3. The molecule has 30 heavy (non-hydrogen) atoms. The molecule has 3 rings (SSSR count). The van der Waals surface area contributed by atoms with Gasteiger partial charge >= 0.3 is 5.97 Å². The molecule has 1 N–H and O–H groups in total. The number of esters is 1. The van der Waals surface area contributed by atoms with Crippen LogP contribution in [0.5, 0.6) is 11.5 Å². The molecule has 0 atom stereocenters. The Morgan fingerprint density at radius 1 is 1.13 bits per heavy atom. The maximum absolute atomic E-state index is 12.0. The van der Waals surface area contributed by atoms with Crippen molar-refractivity contribution in [3.05, 3.63) is 47.7 Å².